The summed E-state index contributed by atoms with van der Waals surface area (Å²) in [5.74, 6) is -0.425. The second-order valence-corrected chi connectivity index (χ2v) is 5.87. The third kappa shape index (κ3) is 4.53. The average Bonchev–Trinajstić information content (AvgIpc) is 2.55. The highest BCUT2D eigenvalue weighted by atomic mass is 79.9. The van der Waals surface area contributed by atoms with Crippen molar-refractivity contribution < 1.29 is 9.59 Å². The molecule has 0 heterocycles. The summed E-state index contributed by atoms with van der Waals surface area (Å²) in [7, 11) is 0. The Morgan fingerprint density at radius 2 is 1.70 bits per heavy atom. The molecule has 0 fully saturated rings. The number of amides is 2. The van der Waals surface area contributed by atoms with Crippen LogP contribution in [-0.2, 0) is 0 Å². The van der Waals surface area contributed by atoms with E-state index in [9.17, 15) is 9.59 Å². The van der Waals surface area contributed by atoms with Crippen molar-refractivity contribution in [3.63, 3.8) is 0 Å². The molecule has 0 aliphatic carbocycles. The lowest BCUT2D eigenvalue weighted by Gasteiger charge is -2.09. The highest BCUT2D eigenvalue weighted by molar-refractivity contribution is 9.10. The van der Waals surface area contributed by atoms with Crippen LogP contribution >= 0.6 is 15.9 Å². The van der Waals surface area contributed by atoms with Gasteiger partial charge in [-0.25, -0.2) is 0 Å². The van der Waals surface area contributed by atoms with Crippen LogP contribution in [0.15, 0.2) is 59.6 Å². The number of carbonyl (C=O) groups excluding carboxylic acids is 2. The topological polar surface area (TPSA) is 58.2 Å². The van der Waals surface area contributed by atoms with E-state index in [-0.39, 0.29) is 11.8 Å². The second-order valence-electron chi connectivity index (χ2n) is 5.01. The van der Waals surface area contributed by atoms with Crippen LogP contribution in [0, 0.1) is 6.92 Å². The maximum atomic E-state index is 12.3. The van der Waals surface area contributed by atoms with Crippen LogP contribution in [0.25, 0.3) is 0 Å². The average molecular weight is 373 g/mol. The number of aryl methyl sites for hydroxylation is 1. The zero-order valence-corrected chi connectivity index (χ0v) is 14.3. The number of halogens is 1. The number of benzene rings is 2. The number of rotatable bonds is 5. The van der Waals surface area contributed by atoms with Gasteiger partial charge in [0, 0.05) is 22.1 Å². The molecule has 0 unspecified atom stereocenters. The quantitative estimate of drug-likeness (QED) is 0.781. The molecule has 0 spiro atoms. The Bertz CT molecular complexity index is 739. The Labute approximate surface area is 143 Å². The van der Waals surface area contributed by atoms with Crippen LogP contribution < -0.4 is 10.6 Å². The maximum Gasteiger partial charge on any atom is 0.255 e. The van der Waals surface area contributed by atoms with Crippen LogP contribution in [-0.4, -0.2) is 18.4 Å². The molecule has 0 aliphatic heterocycles. The van der Waals surface area contributed by atoms with Gasteiger partial charge in [0.15, 0.2) is 0 Å². The molecule has 0 bridgehead atoms. The van der Waals surface area contributed by atoms with Crippen LogP contribution in [0.3, 0.4) is 0 Å². The van der Waals surface area contributed by atoms with Crippen molar-refractivity contribution in [1.29, 1.82) is 0 Å². The van der Waals surface area contributed by atoms with Gasteiger partial charge >= 0.3 is 0 Å². The van der Waals surface area contributed by atoms with Crippen LogP contribution in [0.5, 0.6) is 0 Å². The summed E-state index contributed by atoms with van der Waals surface area (Å²) in [6.07, 6.45) is 1.61. The van der Waals surface area contributed by atoms with Crippen LogP contribution in [0.2, 0.25) is 0 Å². The normalized spacial score (nSPS) is 10.0. The van der Waals surface area contributed by atoms with Crippen molar-refractivity contribution in [1.82, 2.24) is 5.32 Å². The first kappa shape index (κ1) is 17.0. The van der Waals surface area contributed by atoms with Gasteiger partial charge in [0.25, 0.3) is 11.8 Å². The molecular formula is C18H17BrN2O2. The summed E-state index contributed by atoms with van der Waals surface area (Å²) in [4.78, 5) is 24.0. The molecule has 0 saturated heterocycles. The van der Waals surface area contributed by atoms with Gasteiger partial charge < -0.3 is 10.6 Å². The summed E-state index contributed by atoms with van der Waals surface area (Å²) in [5.41, 5.74) is 2.79. The fourth-order valence-corrected chi connectivity index (χ4v) is 2.55. The number of anilines is 1. The lowest BCUT2D eigenvalue weighted by molar-refractivity contribution is 0.0956. The van der Waals surface area contributed by atoms with Gasteiger partial charge in [0.1, 0.15) is 0 Å². The van der Waals surface area contributed by atoms with Crippen molar-refractivity contribution in [2.45, 2.75) is 6.92 Å². The van der Waals surface area contributed by atoms with Crippen LogP contribution in [0.4, 0.5) is 5.69 Å². The molecule has 2 aromatic carbocycles. The molecule has 0 radical (unpaired) electrons. The van der Waals surface area contributed by atoms with E-state index in [2.05, 4.69) is 33.1 Å². The first-order valence-electron chi connectivity index (χ1n) is 7.08. The highest BCUT2D eigenvalue weighted by Crippen LogP contribution is 2.24. The summed E-state index contributed by atoms with van der Waals surface area (Å²) in [6, 6.07) is 12.2. The fourth-order valence-electron chi connectivity index (χ4n) is 1.96. The zero-order chi connectivity index (χ0) is 16.8. The Morgan fingerprint density at radius 1 is 1.09 bits per heavy atom. The van der Waals surface area contributed by atoms with E-state index >= 15 is 0 Å². The molecule has 2 amide bonds. The van der Waals surface area contributed by atoms with E-state index < -0.39 is 0 Å². The summed E-state index contributed by atoms with van der Waals surface area (Å²) < 4.78 is 0.825. The Hall–Kier alpha value is -2.40. The lowest BCUT2D eigenvalue weighted by atomic mass is 10.1. The van der Waals surface area contributed by atoms with E-state index in [0.29, 0.717) is 23.4 Å². The highest BCUT2D eigenvalue weighted by Gasteiger charge is 2.10. The largest absolute Gasteiger partial charge is 0.349 e. The molecule has 2 aromatic rings. The van der Waals surface area contributed by atoms with Gasteiger partial charge in [-0.1, -0.05) is 12.1 Å². The Kier molecular flexibility index (Phi) is 5.71. The summed E-state index contributed by atoms with van der Waals surface area (Å²) in [5, 5.41) is 5.52. The molecule has 0 aromatic heterocycles. The first-order valence-corrected chi connectivity index (χ1v) is 7.87. The van der Waals surface area contributed by atoms with Crippen molar-refractivity contribution in [2.24, 2.45) is 0 Å². The molecular weight excluding hydrogens is 356 g/mol. The number of nitrogens with one attached hydrogen (secondary N) is 2. The van der Waals surface area contributed by atoms with E-state index in [1.54, 1.807) is 30.3 Å². The van der Waals surface area contributed by atoms with Crippen molar-refractivity contribution in [3.05, 3.63) is 76.3 Å². The van der Waals surface area contributed by atoms with Crippen molar-refractivity contribution >= 4 is 33.4 Å². The summed E-state index contributed by atoms with van der Waals surface area (Å²) in [6.45, 7) is 5.93. The van der Waals surface area contributed by atoms with E-state index in [4.69, 9.17) is 0 Å². The standard InChI is InChI=1S/C18H17BrN2O2/c1-3-10-20-17(22)13-5-7-14(8-6-13)18(23)21-16-9-4-12(2)11-15(16)19/h3-9,11H,1,10H2,2H3,(H,20,22)(H,21,23). The molecule has 0 saturated carbocycles. The number of hydrogen-bond acceptors (Lipinski definition) is 2. The van der Waals surface area contributed by atoms with Gasteiger partial charge in [-0.05, 0) is 64.8 Å². The molecule has 23 heavy (non-hydrogen) atoms. The Morgan fingerprint density at radius 3 is 2.26 bits per heavy atom. The van der Waals surface area contributed by atoms with Crippen molar-refractivity contribution in [3.8, 4) is 0 Å². The van der Waals surface area contributed by atoms with E-state index in [1.807, 2.05) is 25.1 Å². The maximum absolute atomic E-state index is 12.3. The zero-order valence-electron chi connectivity index (χ0n) is 12.7. The summed E-state index contributed by atoms with van der Waals surface area (Å²) >= 11 is 3.43. The van der Waals surface area contributed by atoms with Crippen LogP contribution in [0.1, 0.15) is 26.3 Å². The van der Waals surface area contributed by atoms with Gasteiger partial charge in [0.05, 0.1) is 5.69 Å². The minimum absolute atomic E-state index is 0.196. The van der Waals surface area contributed by atoms with Gasteiger partial charge in [-0.2, -0.15) is 0 Å². The minimum atomic E-state index is -0.229. The third-order valence-electron chi connectivity index (χ3n) is 3.19. The fraction of sp³-hybridized carbons (Fsp3) is 0.111. The van der Waals surface area contributed by atoms with E-state index in [0.717, 1.165) is 10.0 Å². The number of hydrogen-bond donors (Lipinski definition) is 2. The molecule has 5 heteroatoms. The smallest absolute Gasteiger partial charge is 0.255 e. The predicted octanol–water partition coefficient (Wildman–Crippen LogP) is 3.93. The van der Waals surface area contributed by atoms with Gasteiger partial charge in [-0.15, -0.1) is 6.58 Å². The SMILES string of the molecule is C=CCNC(=O)c1ccc(C(=O)Nc2ccc(C)cc2Br)cc1. The van der Waals surface area contributed by atoms with Gasteiger partial charge in [-0.3, -0.25) is 9.59 Å². The first-order chi connectivity index (χ1) is 11.0. The number of carbonyl (C=O) groups is 2. The predicted molar refractivity (Wildman–Crippen MR) is 95.8 cm³/mol. The molecule has 0 atom stereocenters. The van der Waals surface area contributed by atoms with Gasteiger partial charge in [0.2, 0.25) is 0 Å². The second kappa shape index (κ2) is 7.74. The molecule has 2 N–H and O–H groups in total. The minimum Gasteiger partial charge on any atom is -0.349 e. The molecule has 4 nitrogen and oxygen atoms in total. The molecule has 0 aliphatic rings. The van der Waals surface area contributed by atoms with Crippen molar-refractivity contribution in [2.75, 3.05) is 11.9 Å². The third-order valence-corrected chi connectivity index (χ3v) is 3.85. The monoisotopic (exact) mass is 372 g/mol. The molecule has 118 valence electrons. The lowest BCUT2D eigenvalue weighted by Crippen LogP contribution is -2.23. The van der Waals surface area contributed by atoms with E-state index in [1.165, 1.54) is 0 Å². The Balaban J connectivity index is 2.08. The molecule has 2 rings (SSSR count).